The third-order valence-corrected chi connectivity index (χ3v) is 2.29. The van der Waals surface area contributed by atoms with Gasteiger partial charge in [-0.05, 0) is 32.0 Å². The maximum absolute atomic E-state index is 13.0. The number of ketones is 1. The van der Waals surface area contributed by atoms with Gasteiger partial charge in [0, 0.05) is 5.56 Å². The average molecular weight is 267 g/mol. The Kier molecular flexibility index (Phi) is 5.17. The Hall–Kier alpha value is -2.24. The number of amides is 1. The third kappa shape index (κ3) is 4.17. The lowest BCUT2D eigenvalue weighted by Crippen LogP contribution is -2.46. The van der Waals surface area contributed by atoms with Crippen molar-refractivity contribution in [1.82, 2.24) is 5.32 Å². The van der Waals surface area contributed by atoms with Crippen LogP contribution in [0.25, 0.3) is 0 Å². The molecule has 5 nitrogen and oxygen atoms in total. The van der Waals surface area contributed by atoms with Crippen LogP contribution < -0.4 is 5.32 Å². The lowest BCUT2D eigenvalue weighted by atomic mass is 10.1. The Morgan fingerprint density at radius 2 is 2.05 bits per heavy atom. The van der Waals surface area contributed by atoms with Crippen molar-refractivity contribution in [1.29, 1.82) is 0 Å². The van der Waals surface area contributed by atoms with Gasteiger partial charge in [0.25, 0.3) is 5.91 Å². The van der Waals surface area contributed by atoms with E-state index in [0.29, 0.717) is 0 Å². The van der Waals surface area contributed by atoms with Crippen molar-refractivity contribution in [3.63, 3.8) is 0 Å². The van der Waals surface area contributed by atoms with Gasteiger partial charge >= 0.3 is 5.97 Å². The molecule has 102 valence electrons. The number of halogens is 1. The van der Waals surface area contributed by atoms with Gasteiger partial charge in [-0.25, -0.2) is 9.18 Å². The summed E-state index contributed by atoms with van der Waals surface area (Å²) in [5, 5.41) is 2.21. The Balaban J connectivity index is 2.82. The fourth-order valence-corrected chi connectivity index (χ4v) is 1.40. The minimum atomic E-state index is -1.38. The monoisotopic (exact) mass is 267 g/mol. The first-order chi connectivity index (χ1) is 8.95. The molecule has 0 aromatic heterocycles. The number of esters is 1. The van der Waals surface area contributed by atoms with E-state index in [1.807, 2.05) is 0 Å². The van der Waals surface area contributed by atoms with Crippen LogP contribution in [0.3, 0.4) is 0 Å². The van der Waals surface area contributed by atoms with E-state index in [2.05, 4.69) is 10.1 Å². The highest BCUT2D eigenvalue weighted by Crippen LogP contribution is 2.04. The second-order valence-electron chi connectivity index (χ2n) is 3.78. The standard InChI is InChI=1S/C13H14FNO4/c1-3-19-13(18)11(8(2)16)15-12(17)9-5-4-6-10(14)7-9/h4-7,11H,3H2,1-2H3,(H,15,17). The van der Waals surface area contributed by atoms with E-state index in [9.17, 15) is 18.8 Å². The molecule has 19 heavy (non-hydrogen) atoms. The molecule has 0 aliphatic carbocycles. The molecule has 0 saturated carbocycles. The number of hydrogen-bond acceptors (Lipinski definition) is 4. The zero-order valence-electron chi connectivity index (χ0n) is 10.6. The average Bonchev–Trinajstić information content (AvgIpc) is 2.35. The van der Waals surface area contributed by atoms with Crippen molar-refractivity contribution in [2.24, 2.45) is 0 Å². The minimum Gasteiger partial charge on any atom is -0.464 e. The zero-order chi connectivity index (χ0) is 14.4. The van der Waals surface area contributed by atoms with Crippen molar-refractivity contribution >= 4 is 17.7 Å². The molecule has 0 spiro atoms. The van der Waals surface area contributed by atoms with Crippen LogP contribution in [0.1, 0.15) is 24.2 Å². The summed E-state index contributed by atoms with van der Waals surface area (Å²) in [6.07, 6.45) is 0. The molecule has 0 radical (unpaired) electrons. The van der Waals surface area contributed by atoms with Crippen LogP contribution in [0.4, 0.5) is 4.39 Å². The summed E-state index contributed by atoms with van der Waals surface area (Å²) in [5.74, 6) is -2.68. The van der Waals surface area contributed by atoms with Crippen LogP contribution in [-0.4, -0.2) is 30.3 Å². The zero-order valence-corrected chi connectivity index (χ0v) is 10.6. The van der Waals surface area contributed by atoms with Gasteiger partial charge in [-0.15, -0.1) is 0 Å². The van der Waals surface area contributed by atoms with Crippen LogP contribution in [0, 0.1) is 5.82 Å². The Bertz CT molecular complexity index is 501. The molecule has 6 heteroatoms. The number of ether oxygens (including phenoxy) is 1. The van der Waals surface area contributed by atoms with Gasteiger partial charge in [-0.1, -0.05) is 6.07 Å². The number of carbonyl (C=O) groups is 3. The fraction of sp³-hybridized carbons (Fsp3) is 0.308. The first kappa shape index (κ1) is 14.8. The van der Waals surface area contributed by atoms with E-state index in [-0.39, 0.29) is 12.2 Å². The van der Waals surface area contributed by atoms with E-state index < -0.39 is 29.5 Å². The number of carbonyl (C=O) groups excluding carboxylic acids is 3. The van der Waals surface area contributed by atoms with Gasteiger partial charge in [0.15, 0.2) is 11.8 Å². The van der Waals surface area contributed by atoms with Gasteiger partial charge in [-0.2, -0.15) is 0 Å². The molecule has 1 amide bonds. The topological polar surface area (TPSA) is 72.5 Å². The van der Waals surface area contributed by atoms with Gasteiger partial charge < -0.3 is 10.1 Å². The molecule has 0 bridgehead atoms. The highest BCUT2D eigenvalue weighted by molar-refractivity contribution is 6.07. The SMILES string of the molecule is CCOC(=O)C(NC(=O)c1cccc(F)c1)C(C)=O. The summed E-state index contributed by atoms with van der Waals surface area (Å²) in [4.78, 5) is 34.6. The summed E-state index contributed by atoms with van der Waals surface area (Å²) in [7, 11) is 0. The smallest absolute Gasteiger partial charge is 0.336 e. The van der Waals surface area contributed by atoms with E-state index in [1.165, 1.54) is 18.2 Å². The normalized spacial score (nSPS) is 11.5. The van der Waals surface area contributed by atoms with Crippen molar-refractivity contribution in [2.45, 2.75) is 19.9 Å². The predicted octanol–water partition coefficient (Wildman–Crippen LogP) is 1.08. The largest absolute Gasteiger partial charge is 0.464 e. The molecule has 0 heterocycles. The lowest BCUT2D eigenvalue weighted by Gasteiger charge is -2.14. The maximum Gasteiger partial charge on any atom is 0.336 e. The van der Waals surface area contributed by atoms with Crippen LogP contribution >= 0.6 is 0 Å². The molecular formula is C13H14FNO4. The van der Waals surface area contributed by atoms with Gasteiger partial charge in [0.2, 0.25) is 0 Å². The number of rotatable bonds is 5. The summed E-state index contributed by atoms with van der Waals surface area (Å²) < 4.78 is 17.6. The van der Waals surface area contributed by atoms with Crippen LogP contribution in [0.5, 0.6) is 0 Å². The quantitative estimate of drug-likeness (QED) is 0.640. The molecule has 1 atom stereocenters. The number of hydrogen-bond donors (Lipinski definition) is 1. The van der Waals surface area contributed by atoms with Crippen molar-refractivity contribution in [3.8, 4) is 0 Å². The van der Waals surface area contributed by atoms with E-state index in [1.54, 1.807) is 6.92 Å². The number of Topliss-reactive ketones (excluding diaryl/α,β-unsaturated/α-hetero) is 1. The van der Waals surface area contributed by atoms with E-state index >= 15 is 0 Å². The molecular weight excluding hydrogens is 253 g/mol. The lowest BCUT2D eigenvalue weighted by molar-refractivity contribution is -0.148. The molecule has 1 aromatic carbocycles. The van der Waals surface area contributed by atoms with Crippen molar-refractivity contribution < 1.29 is 23.5 Å². The molecule has 0 aliphatic heterocycles. The Morgan fingerprint density at radius 3 is 2.58 bits per heavy atom. The molecule has 0 saturated heterocycles. The maximum atomic E-state index is 13.0. The summed E-state index contributed by atoms with van der Waals surface area (Å²) in [6, 6.07) is 3.55. The number of nitrogens with one attached hydrogen (secondary N) is 1. The first-order valence-electron chi connectivity index (χ1n) is 5.69. The highest BCUT2D eigenvalue weighted by Gasteiger charge is 2.26. The second-order valence-corrected chi connectivity index (χ2v) is 3.78. The summed E-state index contributed by atoms with van der Waals surface area (Å²) >= 11 is 0. The summed E-state index contributed by atoms with van der Waals surface area (Å²) in [6.45, 7) is 2.84. The number of benzene rings is 1. The van der Waals surface area contributed by atoms with Crippen LogP contribution in [0.2, 0.25) is 0 Å². The molecule has 1 unspecified atom stereocenters. The van der Waals surface area contributed by atoms with Gasteiger partial charge in [0.1, 0.15) is 5.82 Å². The Labute approximate surface area is 109 Å². The van der Waals surface area contributed by atoms with E-state index in [0.717, 1.165) is 13.0 Å². The van der Waals surface area contributed by atoms with Gasteiger partial charge in [-0.3, -0.25) is 9.59 Å². The van der Waals surface area contributed by atoms with Crippen molar-refractivity contribution in [3.05, 3.63) is 35.6 Å². The van der Waals surface area contributed by atoms with Crippen molar-refractivity contribution in [2.75, 3.05) is 6.61 Å². The minimum absolute atomic E-state index is 0.0237. The fourth-order valence-electron chi connectivity index (χ4n) is 1.40. The third-order valence-electron chi connectivity index (χ3n) is 2.29. The predicted molar refractivity (Wildman–Crippen MR) is 65.0 cm³/mol. The molecule has 0 aliphatic rings. The van der Waals surface area contributed by atoms with Crippen LogP contribution in [0.15, 0.2) is 24.3 Å². The second kappa shape index (κ2) is 6.63. The molecule has 0 fully saturated rings. The highest BCUT2D eigenvalue weighted by atomic mass is 19.1. The van der Waals surface area contributed by atoms with Crippen LogP contribution in [-0.2, 0) is 14.3 Å². The Morgan fingerprint density at radius 1 is 1.37 bits per heavy atom. The van der Waals surface area contributed by atoms with Gasteiger partial charge in [0.05, 0.1) is 6.61 Å². The van der Waals surface area contributed by atoms with E-state index in [4.69, 9.17) is 0 Å². The molecule has 1 aromatic rings. The first-order valence-corrected chi connectivity index (χ1v) is 5.69. The molecule has 1 rings (SSSR count). The molecule has 1 N–H and O–H groups in total. The summed E-state index contributed by atoms with van der Waals surface area (Å²) in [5.41, 5.74) is 0.0237.